The number of aryl methyl sites for hydroxylation is 2. The van der Waals surface area contributed by atoms with E-state index in [9.17, 15) is 4.79 Å². The van der Waals surface area contributed by atoms with Crippen molar-refractivity contribution in [3.05, 3.63) is 57.4 Å². The minimum absolute atomic E-state index is 0.0448. The van der Waals surface area contributed by atoms with Crippen molar-refractivity contribution in [3.63, 3.8) is 0 Å². The van der Waals surface area contributed by atoms with Gasteiger partial charge in [-0.1, -0.05) is 19.1 Å². The molecule has 1 aromatic carbocycles. The van der Waals surface area contributed by atoms with Crippen LogP contribution in [0.15, 0.2) is 35.1 Å². The van der Waals surface area contributed by atoms with E-state index in [1.807, 2.05) is 26.0 Å². The molecular weight excluding hydrogens is 274 g/mol. The maximum absolute atomic E-state index is 12.7. The number of pyridine rings is 1. The molecule has 3 N–H and O–H groups in total. The number of rotatable bonds is 4. The quantitative estimate of drug-likeness (QED) is 0.670. The highest BCUT2D eigenvalue weighted by atomic mass is 16.1. The topological polar surface area (TPSA) is 71.9 Å². The molecule has 2 rings (SSSR count). The molecule has 0 aliphatic heterocycles. The summed E-state index contributed by atoms with van der Waals surface area (Å²) in [5, 5.41) is 7.57. The van der Waals surface area contributed by atoms with E-state index < -0.39 is 0 Å². The lowest BCUT2D eigenvalue weighted by Gasteiger charge is -2.20. The third-order valence-corrected chi connectivity index (χ3v) is 4.24. The van der Waals surface area contributed by atoms with Gasteiger partial charge in [0.25, 0.3) is 5.56 Å². The summed E-state index contributed by atoms with van der Waals surface area (Å²) in [5.74, 6) is -0.186. The van der Waals surface area contributed by atoms with Gasteiger partial charge in [0.1, 0.15) is 5.84 Å². The first-order valence-corrected chi connectivity index (χ1v) is 7.54. The van der Waals surface area contributed by atoms with Crippen LogP contribution in [0.3, 0.4) is 0 Å². The summed E-state index contributed by atoms with van der Waals surface area (Å²) in [4.78, 5) is 12.7. The monoisotopic (exact) mass is 297 g/mol. The Morgan fingerprint density at radius 1 is 1.23 bits per heavy atom. The van der Waals surface area contributed by atoms with Gasteiger partial charge in [-0.15, -0.1) is 0 Å². The Kier molecular flexibility index (Phi) is 4.50. The molecule has 1 heterocycles. The van der Waals surface area contributed by atoms with Crippen LogP contribution in [0.5, 0.6) is 0 Å². The van der Waals surface area contributed by atoms with Crippen molar-refractivity contribution in [2.24, 2.45) is 5.73 Å². The Morgan fingerprint density at radius 3 is 2.45 bits per heavy atom. The molecule has 0 saturated carbocycles. The second-order valence-corrected chi connectivity index (χ2v) is 5.78. The van der Waals surface area contributed by atoms with Gasteiger partial charge in [-0.2, -0.15) is 0 Å². The van der Waals surface area contributed by atoms with E-state index in [2.05, 4.69) is 26.0 Å². The maximum Gasteiger partial charge on any atom is 0.262 e. The number of nitrogens with two attached hydrogens (primary N) is 1. The number of hydrogen-bond acceptors (Lipinski definition) is 2. The van der Waals surface area contributed by atoms with E-state index in [4.69, 9.17) is 11.1 Å². The van der Waals surface area contributed by atoms with Crippen LogP contribution in [0.2, 0.25) is 0 Å². The van der Waals surface area contributed by atoms with E-state index in [1.54, 1.807) is 10.6 Å². The lowest BCUT2D eigenvalue weighted by atomic mass is 10.0. The van der Waals surface area contributed by atoms with Crippen molar-refractivity contribution < 1.29 is 0 Å². The number of aromatic nitrogens is 1. The van der Waals surface area contributed by atoms with Gasteiger partial charge in [0, 0.05) is 6.04 Å². The number of nitrogen functional groups attached to an aromatic ring is 1. The molecule has 116 valence electrons. The van der Waals surface area contributed by atoms with Crippen LogP contribution in [0, 0.1) is 19.3 Å². The normalized spacial score (nSPS) is 12.2. The molecule has 22 heavy (non-hydrogen) atoms. The first-order chi connectivity index (χ1) is 10.4. The molecule has 0 aliphatic rings. The van der Waals surface area contributed by atoms with Gasteiger partial charge >= 0.3 is 0 Å². The van der Waals surface area contributed by atoms with E-state index in [1.165, 1.54) is 11.1 Å². The highest BCUT2D eigenvalue weighted by Gasteiger charge is 2.16. The third-order valence-electron chi connectivity index (χ3n) is 4.24. The molecule has 1 unspecified atom stereocenters. The van der Waals surface area contributed by atoms with Crippen molar-refractivity contribution in [3.8, 4) is 11.3 Å². The molecule has 0 aliphatic carbocycles. The smallest absolute Gasteiger partial charge is 0.262 e. The fraction of sp³-hybridized carbons (Fsp3) is 0.333. The van der Waals surface area contributed by atoms with Gasteiger partial charge in [-0.05, 0) is 62.1 Å². The van der Waals surface area contributed by atoms with Crippen molar-refractivity contribution >= 4 is 5.84 Å². The summed E-state index contributed by atoms with van der Waals surface area (Å²) in [5.41, 5.74) is 9.88. The van der Waals surface area contributed by atoms with Crippen LogP contribution in [0.1, 0.15) is 43.0 Å². The van der Waals surface area contributed by atoms with Gasteiger partial charge in [0.05, 0.1) is 11.3 Å². The molecule has 0 saturated heterocycles. The van der Waals surface area contributed by atoms with Crippen molar-refractivity contribution in [2.75, 3.05) is 0 Å². The summed E-state index contributed by atoms with van der Waals surface area (Å²) in [6.45, 7) is 8.19. The Balaban J connectivity index is 2.75. The Morgan fingerprint density at radius 2 is 1.91 bits per heavy atom. The summed E-state index contributed by atoms with van der Waals surface area (Å²) in [6.07, 6.45) is 0.832. The Labute approximate surface area is 131 Å². The van der Waals surface area contributed by atoms with Crippen LogP contribution < -0.4 is 11.3 Å². The van der Waals surface area contributed by atoms with Crippen molar-refractivity contribution in [1.29, 1.82) is 5.41 Å². The molecule has 0 radical (unpaired) electrons. The molecule has 4 heteroatoms. The number of nitrogens with one attached hydrogen (secondary N) is 1. The second-order valence-electron chi connectivity index (χ2n) is 5.78. The van der Waals surface area contributed by atoms with Crippen molar-refractivity contribution in [2.45, 2.75) is 40.2 Å². The van der Waals surface area contributed by atoms with Crippen LogP contribution in [-0.4, -0.2) is 10.4 Å². The molecule has 1 atom stereocenters. The average Bonchev–Trinajstić information content (AvgIpc) is 2.48. The highest BCUT2D eigenvalue weighted by Crippen LogP contribution is 2.24. The van der Waals surface area contributed by atoms with Crippen LogP contribution in [-0.2, 0) is 0 Å². The Hall–Kier alpha value is -2.36. The zero-order chi connectivity index (χ0) is 16.4. The van der Waals surface area contributed by atoms with E-state index >= 15 is 0 Å². The van der Waals surface area contributed by atoms with Gasteiger partial charge in [-0.25, -0.2) is 0 Å². The molecule has 0 bridgehead atoms. The van der Waals surface area contributed by atoms with Crippen LogP contribution in [0.4, 0.5) is 0 Å². The Bertz CT molecular complexity index is 774. The lowest BCUT2D eigenvalue weighted by molar-refractivity contribution is 0.519. The second kappa shape index (κ2) is 6.18. The zero-order valence-electron chi connectivity index (χ0n) is 13.6. The average molecular weight is 297 g/mol. The minimum Gasteiger partial charge on any atom is -0.384 e. The molecule has 0 amide bonds. The predicted octanol–water partition coefficient (Wildman–Crippen LogP) is 3.39. The third kappa shape index (κ3) is 2.82. The van der Waals surface area contributed by atoms with E-state index in [0.29, 0.717) is 0 Å². The van der Waals surface area contributed by atoms with Crippen LogP contribution in [0.25, 0.3) is 11.3 Å². The predicted molar refractivity (Wildman–Crippen MR) is 91.6 cm³/mol. The highest BCUT2D eigenvalue weighted by molar-refractivity contribution is 5.94. The van der Waals surface area contributed by atoms with Gasteiger partial charge in [-0.3, -0.25) is 10.2 Å². The van der Waals surface area contributed by atoms with Crippen LogP contribution >= 0.6 is 0 Å². The summed E-state index contributed by atoms with van der Waals surface area (Å²) in [6, 6.07) is 9.76. The first-order valence-electron chi connectivity index (χ1n) is 7.54. The van der Waals surface area contributed by atoms with Gasteiger partial charge in [0.2, 0.25) is 0 Å². The zero-order valence-corrected chi connectivity index (χ0v) is 13.6. The van der Waals surface area contributed by atoms with E-state index in [0.717, 1.165) is 17.7 Å². The number of nitrogens with zero attached hydrogens (tertiary/aromatic N) is 1. The molecule has 2 aromatic rings. The molecule has 4 nitrogen and oxygen atoms in total. The maximum atomic E-state index is 12.7. The molecule has 0 fully saturated rings. The molecule has 1 aromatic heterocycles. The fourth-order valence-corrected chi connectivity index (χ4v) is 2.51. The van der Waals surface area contributed by atoms with Gasteiger partial charge in [0.15, 0.2) is 0 Å². The summed E-state index contributed by atoms with van der Waals surface area (Å²) in [7, 11) is 0. The first kappa shape index (κ1) is 16.0. The van der Waals surface area contributed by atoms with E-state index in [-0.39, 0.29) is 23.0 Å². The largest absolute Gasteiger partial charge is 0.384 e. The standard InChI is InChI=1S/C18H23N3O/c1-5-13(4)21-16(9-8-15(17(19)20)18(21)22)14-7-6-11(2)12(3)10-14/h6-10,13H,5H2,1-4H3,(H3,19,20). The summed E-state index contributed by atoms with van der Waals surface area (Å²) >= 11 is 0. The number of benzene rings is 1. The van der Waals surface area contributed by atoms with Gasteiger partial charge < -0.3 is 10.3 Å². The molecular formula is C18H23N3O. The minimum atomic E-state index is -0.197. The number of hydrogen-bond donors (Lipinski definition) is 2. The molecule has 0 spiro atoms. The SMILES string of the molecule is CCC(C)n1c(-c2ccc(C)c(C)c2)ccc(C(=N)N)c1=O. The lowest BCUT2D eigenvalue weighted by Crippen LogP contribution is -2.32. The number of amidine groups is 1. The van der Waals surface area contributed by atoms with Crippen molar-refractivity contribution in [1.82, 2.24) is 4.57 Å². The summed E-state index contributed by atoms with van der Waals surface area (Å²) < 4.78 is 1.75. The fourth-order valence-electron chi connectivity index (χ4n) is 2.51.